The predicted molar refractivity (Wildman–Crippen MR) is 113 cm³/mol. The van der Waals surface area contributed by atoms with E-state index in [1.54, 1.807) is 6.08 Å². The number of sulfonamides is 1. The molecule has 5 fully saturated rings. The third-order valence-electron chi connectivity index (χ3n) is 7.61. The van der Waals surface area contributed by atoms with Gasteiger partial charge in [-0.2, -0.15) is 4.31 Å². The zero-order valence-electron chi connectivity index (χ0n) is 16.9. The number of carbonyl (C=O) groups excluding carboxylic acids is 1. The van der Waals surface area contributed by atoms with E-state index in [1.807, 2.05) is 35.2 Å². The number of hydrogen-bond donors (Lipinski definition) is 0. The summed E-state index contributed by atoms with van der Waals surface area (Å²) in [5, 5.41) is 1.29. The first-order chi connectivity index (χ1) is 13.9. The molecule has 1 heterocycles. The maximum atomic E-state index is 13.5. The van der Waals surface area contributed by atoms with Crippen LogP contribution in [0, 0.1) is 23.2 Å². The number of rotatable bonds is 4. The molecule has 4 saturated carbocycles. The van der Waals surface area contributed by atoms with Crippen LogP contribution in [0.1, 0.15) is 44.1 Å². The summed E-state index contributed by atoms with van der Waals surface area (Å²) in [5.41, 5.74) is 0.731. The molecule has 1 aliphatic heterocycles. The Balaban J connectivity index is 1.22. The Bertz CT molecular complexity index is 866. The van der Waals surface area contributed by atoms with E-state index in [2.05, 4.69) is 0 Å². The summed E-state index contributed by atoms with van der Waals surface area (Å²) in [6, 6.07) is 9.45. The number of piperazine rings is 1. The maximum Gasteiger partial charge on any atom is 0.236 e. The normalized spacial score (nSPS) is 34.8. The number of carbonyl (C=O) groups is 1. The Morgan fingerprint density at radius 3 is 2.00 bits per heavy atom. The third-order valence-corrected chi connectivity index (χ3v) is 9.17. The Kier molecular flexibility index (Phi) is 4.82. The molecule has 0 spiro atoms. The molecular formula is C23H30N2O3S. The van der Waals surface area contributed by atoms with Crippen LogP contribution in [0.2, 0.25) is 0 Å². The van der Waals surface area contributed by atoms with Gasteiger partial charge in [0.1, 0.15) is 0 Å². The summed E-state index contributed by atoms with van der Waals surface area (Å²) in [6.07, 6.45) is 8.82. The van der Waals surface area contributed by atoms with E-state index in [-0.39, 0.29) is 5.41 Å². The van der Waals surface area contributed by atoms with Gasteiger partial charge in [0.25, 0.3) is 0 Å². The van der Waals surface area contributed by atoms with Gasteiger partial charge in [0.05, 0.1) is 5.41 Å². The van der Waals surface area contributed by atoms with Crippen molar-refractivity contribution in [2.75, 3.05) is 26.2 Å². The lowest BCUT2D eigenvalue weighted by Gasteiger charge is -2.57. The highest BCUT2D eigenvalue weighted by molar-refractivity contribution is 7.92. The molecule has 6 heteroatoms. The van der Waals surface area contributed by atoms with Crippen LogP contribution in [-0.2, 0) is 14.8 Å². The molecule has 0 atom stereocenters. The van der Waals surface area contributed by atoms with Gasteiger partial charge in [-0.3, -0.25) is 4.79 Å². The minimum Gasteiger partial charge on any atom is -0.340 e. The molecule has 5 aliphatic rings. The summed E-state index contributed by atoms with van der Waals surface area (Å²) in [4.78, 5) is 15.4. The predicted octanol–water partition coefficient (Wildman–Crippen LogP) is 3.35. The average molecular weight is 415 g/mol. The van der Waals surface area contributed by atoms with E-state index in [0.717, 1.165) is 42.6 Å². The molecule has 5 nitrogen and oxygen atoms in total. The second-order valence-electron chi connectivity index (χ2n) is 9.65. The Hall–Kier alpha value is -1.66. The molecule has 1 aromatic carbocycles. The topological polar surface area (TPSA) is 57.7 Å². The molecule has 4 aliphatic carbocycles. The van der Waals surface area contributed by atoms with Crippen LogP contribution < -0.4 is 0 Å². The van der Waals surface area contributed by atoms with E-state index < -0.39 is 10.0 Å². The van der Waals surface area contributed by atoms with E-state index in [9.17, 15) is 13.2 Å². The fourth-order valence-corrected chi connectivity index (χ4v) is 7.84. The fraction of sp³-hybridized carbons (Fsp3) is 0.609. The fourth-order valence-electron chi connectivity index (χ4n) is 6.67. The number of nitrogens with zero attached hydrogens (tertiary/aromatic N) is 2. The minimum atomic E-state index is -3.46. The Morgan fingerprint density at radius 1 is 0.897 bits per heavy atom. The van der Waals surface area contributed by atoms with Gasteiger partial charge in [-0.25, -0.2) is 8.42 Å². The standard InChI is InChI=1S/C23H30N2O3S/c26-22(23-15-19-12-20(16-23)14-21(13-19)17-23)24-7-9-25(10-8-24)29(27,28)11-6-18-4-2-1-3-5-18/h1-6,11,19-21H,7-10,12-17H2/b11-6+. The lowest BCUT2D eigenvalue weighted by molar-refractivity contribution is -0.158. The first kappa shape index (κ1) is 19.3. The highest BCUT2D eigenvalue weighted by atomic mass is 32.2. The van der Waals surface area contributed by atoms with Crippen molar-refractivity contribution < 1.29 is 13.2 Å². The van der Waals surface area contributed by atoms with E-state index in [1.165, 1.54) is 29.0 Å². The molecule has 0 N–H and O–H groups in total. The monoisotopic (exact) mass is 414 g/mol. The van der Waals surface area contributed by atoms with Gasteiger partial charge in [0, 0.05) is 31.6 Å². The molecule has 0 unspecified atom stereocenters. The Labute approximate surface area is 173 Å². The first-order valence-electron chi connectivity index (χ1n) is 11.0. The maximum absolute atomic E-state index is 13.5. The van der Waals surface area contributed by atoms with Gasteiger partial charge in [-0.05, 0) is 67.9 Å². The molecule has 29 heavy (non-hydrogen) atoms. The molecule has 1 amide bonds. The number of amides is 1. The molecule has 0 radical (unpaired) electrons. The zero-order chi connectivity index (χ0) is 20.1. The lowest BCUT2D eigenvalue weighted by Crippen LogP contribution is -2.58. The van der Waals surface area contributed by atoms with Crippen LogP contribution in [0.15, 0.2) is 35.7 Å². The Morgan fingerprint density at radius 2 is 1.45 bits per heavy atom. The quantitative estimate of drug-likeness (QED) is 0.759. The SMILES string of the molecule is O=C(N1CCN(S(=O)(=O)/C=C/c2ccccc2)CC1)C12CC3CC(CC(C3)C1)C2. The smallest absolute Gasteiger partial charge is 0.236 e. The van der Waals surface area contributed by atoms with Crippen molar-refractivity contribution in [2.24, 2.45) is 23.2 Å². The molecular weight excluding hydrogens is 384 g/mol. The summed E-state index contributed by atoms with van der Waals surface area (Å²) in [6.45, 7) is 1.80. The van der Waals surface area contributed by atoms with E-state index >= 15 is 0 Å². The van der Waals surface area contributed by atoms with Gasteiger partial charge < -0.3 is 4.90 Å². The second-order valence-corrected chi connectivity index (χ2v) is 11.5. The minimum absolute atomic E-state index is 0.136. The van der Waals surface area contributed by atoms with Crippen molar-refractivity contribution in [1.29, 1.82) is 0 Å². The van der Waals surface area contributed by atoms with Gasteiger partial charge in [0.2, 0.25) is 15.9 Å². The van der Waals surface area contributed by atoms with Crippen LogP contribution in [-0.4, -0.2) is 49.7 Å². The largest absolute Gasteiger partial charge is 0.340 e. The first-order valence-corrected chi connectivity index (χ1v) is 12.5. The van der Waals surface area contributed by atoms with E-state index in [4.69, 9.17) is 0 Å². The molecule has 6 rings (SSSR count). The number of hydrogen-bond acceptors (Lipinski definition) is 3. The third kappa shape index (κ3) is 3.66. The van der Waals surface area contributed by atoms with Gasteiger partial charge in [0.15, 0.2) is 0 Å². The lowest BCUT2D eigenvalue weighted by atomic mass is 9.49. The molecule has 1 aromatic rings. The van der Waals surface area contributed by atoms with Crippen LogP contribution >= 0.6 is 0 Å². The highest BCUT2D eigenvalue weighted by Gasteiger charge is 2.55. The highest BCUT2D eigenvalue weighted by Crippen LogP contribution is 2.60. The molecule has 0 aromatic heterocycles. The van der Waals surface area contributed by atoms with Gasteiger partial charge >= 0.3 is 0 Å². The van der Waals surface area contributed by atoms with Crippen LogP contribution in [0.5, 0.6) is 0 Å². The second kappa shape index (κ2) is 7.24. The van der Waals surface area contributed by atoms with Crippen LogP contribution in [0.3, 0.4) is 0 Å². The van der Waals surface area contributed by atoms with Gasteiger partial charge in [-0.1, -0.05) is 30.3 Å². The molecule has 1 saturated heterocycles. The zero-order valence-corrected chi connectivity index (χ0v) is 17.7. The van der Waals surface area contributed by atoms with Gasteiger partial charge in [-0.15, -0.1) is 0 Å². The van der Waals surface area contributed by atoms with Crippen molar-refractivity contribution >= 4 is 22.0 Å². The van der Waals surface area contributed by atoms with E-state index in [0.29, 0.717) is 32.1 Å². The summed E-state index contributed by atoms with van der Waals surface area (Å²) < 4.78 is 26.9. The van der Waals surface area contributed by atoms with Crippen LogP contribution in [0.4, 0.5) is 0 Å². The molecule has 156 valence electrons. The molecule has 4 bridgehead atoms. The van der Waals surface area contributed by atoms with Crippen molar-refractivity contribution in [3.8, 4) is 0 Å². The van der Waals surface area contributed by atoms with Crippen molar-refractivity contribution in [3.63, 3.8) is 0 Å². The summed E-state index contributed by atoms with van der Waals surface area (Å²) >= 11 is 0. The van der Waals surface area contributed by atoms with Crippen LogP contribution in [0.25, 0.3) is 6.08 Å². The van der Waals surface area contributed by atoms with Crippen molar-refractivity contribution in [1.82, 2.24) is 9.21 Å². The average Bonchev–Trinajstić information content (AvgIpc) is 2.72. The van der Waals surface area contributed by atoms with Crippen molar-refractivity contribution in [2.45, 2.75) is 38.5 Å². The van der Waals surface area contributed by atoms with Crippen molar-refractivity contribution in [3.05, 3.63) is 41.3 Å². The summed E-state index contributed by atoms with van der Waals surface area (Å²) in [7, 11) is -3.46. The summed E-state index contributed by atoms with van der Waals surface area (Å²) in [5.74, 6) is 2.55. The number of benzene rings is 1.